The van der Waals surface area contributed by atoms with Crippen molar-refractivity contribution in [1.29, 1.82) is 5.26 Å². The van der Waals surface area contributed by atoms with Crippen molar-refractivity contribution in [3.63, 3.8) is 0 Å². The molecule has 0 saturated heterocycles. The largest absolute Gasteiger partial charge is 0.320 e. The van der Waals surface area contributed by atoms with Crippen molar-refractivity contribution in [2.24, 2.45) is 0 Å². The molecule has 0 unspecified atom stereocenters. The number of anilines is 1. The molecule has 9 heteroatoms. The van der Waals surface area contributed by atoms with Crippen molar-refractivity contribution < 1.29 is 9.72 Å². The maximum atomic E-state index is 12.7. The SMILES string of the molecule is CCn1ncc([N+](=O)[O-])c1C(=O)Nc1sc2c(c1C#N)CCCCCC2. The van der Waals surface area contributed by atoms with Gasteiger partial charge in [-0.3, -0.25) is 19.6 Å². The summed E-state index contributed by atoms with van der Waals surface area (Å²) in [4.78, 5) is 24.4. The van der Waals surface area contributed by atoms with Crippen molar-refractivity contribution in [1.82, 2.24) is 9.78 Å². The van der Waals surface area contributed by atoms with E-state index in [1.54, 1.807) is 6.92 Å². The second kappa shape index (κ2) is 7.66. The Labute approximate surface area is 154 Å². The predicted molar refractivity (Wildman–Crippen MR) is 97.4 cm³/mol. The minimum Gasteiger partial charge on any atom is -0.311 e. The third kappa shape index (κ3) is 3.32. The summed E-state index contributed by atoms with van der Waals surface area (Å²) in [6.07, 6.45) is 7.22. The standard InChI is InChI=1S/C17H19N5O3S/c1-2-21-15(13(10-19-21)22(24)25)16(23)20-17-12(9-18)11-7-5-3-4-6-8-14(11)26-17/h10H,2-8H2,1H3,(H,20,23). The number of nitriles is 1. The minimum atomic E-state index is -0.618. The van der Waals surface area contributed by atoms with Gasteiger partial charge in [0, 0.05) is 11.4 Å². The van der Waals surface area contributed by atoms with E-state index >= 15 is 0 Å². The molecular formula is C17H19N5O3S. The second-order valence-corrected chi connectivity index (χ2v) is 7.24. The Kier molecular flexibility index (Phi) is 5.32. The van der Waals surface area contributed by atoms with Gasteiger partial charge in [-0.1, -0.05) is 12.8 Å². The van der Waals surface area contributed by atoms with Gasteiger partial charge in [-0.25, -0.2) is 0 Å². The first-order chi connectivity index (χ1) is 12.6. The number of amides is 1. The summed E-state index contributed by atoms with van der Waals surface area (Å²) in [5.74, 6) is -0.609. The molecule has 0 radical (unpaired) electrons. The molecule has 26 heavy (non-hydrogen) atoms. The lowest BCUT2D eigenvalue weighted by Crippen LogP contribution is -2.18. The van der Waals surface area contributed by atoms with E-state index in [2.05, 4.69) is 16.5 Å². The number of aromatic nitrogens is 2. The summed E-state index contributed by atoms with van der Waals surface area (Å²) in [6.45, 7) is 2.09. The number of rotatable bonds is 4. The van der Waals surface area contributed by atoms with E-state index in [1.807, 2.05) is 0 Å². The molecule has 1 aliphatic rings. The quantitative estimate of drug-likeness (QED) is 0.649. The molecule has 136 valence electrons. The third-order valence-electron chi connectivity index (χ3n) is 4.54. The van der Waals surface area contributed by atoms with Gasteiger partial charge >= 0.3 is 5.69 Å². The molecule has 1 amide bonds. The van der Waals surface area contributed by atoms with Gasteiger partial charge in [-0.15, -0.1) is 11.3 Å². The molecule has 0 saturated carbocycles. The van der Waals surface area contributed by atoms with E-state index in [1.165, 1.54) is 22.4 Å². The van der Waals surface area contributed by atoms with Crippen molar-refractivity contribution >= 4 is 27.9 Å². The molecule has 1 N–H and O–H groups in total. The van der Waals surface area contributed by atoms with E-state index in [-0.39, 0.29) is 11.4 Å². The highest BCUT2D eigenvalue weighted by Crippen LogP contribution is 2.37. The number of nitrogens with one attached hydrogen (secondary N) is 1. The van der Waals surface area contributed by atoms with Gasteiger partial charge < -0.3 is 5.32 Å². The normalized spacial score (nSPS) is 14.0. The fourth-order valence-corrected chi connectivity index (χ4v) is 4.51. The third-order valence-corrected chi connectivity index (χ3v) is 5.75. The predicted octanol–water partition coefficient (Wildman–Crippen LogP) is 3.66. The lowest BCUT2D eigenvalue weighted by Gasteiger charge is -2.08. The molecule has 0 atom stereocenters. The number of thiophene rings is 1. The highest BCUT2D eigenvalue weighted by Gasteiger charge is 2.28. The molecule has 0 aliphatic heterocycles. The molecule has 2 aromatic heterocycles. The van der Waals surface area contributed by atoms with Crippen LogP contribution in [0.4, 0.5) is 10.7 Å². The van der Waals surface area contributed by atoms with Crippen molar-refractivity contribution in [3.8, 4) is 6.07 Å². The fraction of sp³-hybridized carbons (Fsp3) is 0.471. The van der Waals surface area contributed by atoms with Crippen LogP contribution in [0.1, 0.15) is 59.1 Å². The maximum absolute atomic E-state index is 12.7. The number of carbonyl (C=O) groups excluding carboxylic acids is 1. The zero-order valence-electron chi connectivity index (χ0n) is 14.4. The van der Waals surface area contributed by atoms with Crippen LogP contribution in [0.3, 0.4) is 0 Å². The topological polar surface area (TPSA) is 114 Å². The van der Waals surface area contributed by atoms with Crippen LogP contribution in [0.5, 0.6) is 0 Å². The Balaban J connectivity index is 1.96. The maximum Gasteiger partial charge on any atom is 0.320 e. The number of nitro groups is 1. The van der Waals surface area contributed by atoms with Crippen LogP contribution in [0.15, 0.2) is 6.20 Å². The van der Waals surface area contributed by atoms with Crippen molar-refractivity contribution in [2.75, 3.05) is 5.32 Å². The molecule has 8 nitrogen and oxygen atoms in total. The molecule has 0 bridgehead atoms. The molecular weight excluding hydrogens is 354 g/mol. The molecule has 0 aromatic carbocycles. The Hall–Kier alpha value is -2.73. The fourth-order valence-electron chi connectivity index (χ4n) is 3.27. The van der Waals surface area contributed by atoms with Crippen LogP contribution < -0.4 is 5.32 Å². The summed E-state index contributed by atoms with van der Waals surface area (Å²) in [5, 5.41) is 27.9. The summed E-state index contributed by atoms with van der Waals surface area (Å²) in [5.41, 5.74) is 1.08. The smallest absolute Gasteiger partial charge is 0.311 e. The summed E-state index contributed by atoms with van der Waals surface area (Å²) in [6, 6.07) is 2.21. The number of hydrogen-bond acceptors (Lipinski definition) is 6. The average Bonchev–Trinajstić information content (AvgIpc) is 3.16. The Morgan fingerprint density at radius 3 is 2.81 bits per heavy atom. The first kappa shape index (κ1) is 18.1. The average molecular weight is 373 g/mol. The summed E-state index contributed by atoms with van der Waals surface area (Å²) < 4.78 is 1.29. The summed E-state index contributed by atoms with van der Waals surface area (Å²) in [7, 11) is 0. The number of carbonyl (C=O) groups is 1. The molecule has 2 heterocycles. The zero-order valence-corrected chi connectivity index (χ0v) is 15.3. The van der Waals surface area contributed by atoms with E-state index in [0.717, 1.165) is 48.7 Å². The van der Waals surface area contributed by atoms with Crippen LogP contribution in [0, 0.1) is 21.4 Å². The monoisotopic (exact) mass is 373 g/mol. The van der Waals surface area contributed by atoms with Crippen LogP contribution in [-0.4, -0.2) is 20.6 Å². The highest BCUT2D eigenvalue weighted by molar-refractivity contribution is 7.16. The minimum absolute atomic E-state index is 0.0952. The number of hydrogen-bond donors (Lipinski definition) is 1. The Morgan fingerprint density at radius 1 is 1.42 bits per heavy atom. The zero-order chi connectivity index (χ0) is 18.7. The van der Waals surface area contributed by atoms with Crippen LogP contribution >= 0.6 is 11.3 Å². The lowest BCUT2D eigenvalue weighted by atomic mass is 9.97. The van der Waals surface area contributed by atoms with Crippen LogP contribution in [-0.2, 0) is 19.4 Å². The van der Waals surface area contributed by atoms with Gasteiger partial charge in [-0.05, 0) is 38.2 Å². The lowest BCUT2D eigenvalue weighted by molar-refractivity contribution is -0.385. The number of fused-ring (bicyclic) bond motifs is 1. The Morgan fingerprint density at radius 2 is 2.15 bits per heavy atom. The van der Waals surface area contributed by atoms with Crippen molar-refractivity contribution in [3.05, 3.63) is 38.0 Å². The molecule has 0 fully saturated rings. The number of nitrogens with zero attached hydrogens (tertiary/aromatic N) is 4. The molecule has 0 spiro atoms. The Bertz CT molecular complexity index is 893. The van der Waals surface area contributed by atoms with E-state index in [9.17, 15) is 20.2 Å². The van der Waals surface area contributed by atoms with Gasteiger partial charge in [0.25, 0.3) is 5.91 Å². The first-order valence-corrected chi connectivity index (χ1v) is 9.44. The van der Waals surface area contributed by atoms with Gasteiger partial charge in [0.15, 0.2) is 0 Å². The van der Waals surface area contributed by atoms with Crippen LogP contribution in [0.25, 0.3) is 0 Å². The van der Waals surface area contributed by atoms with Crippen molar-refractivity contribution in [2.45, 2.75) is 52.0 Å². The highest BCUT2D eigenvalue weighted by atomic mass is 32.1. The summed E-state index contributed by atoms with van der Waals surface area (Å²) >= 11 is 1.41. The van der Waals surface area contributed by atoms with E-state index in [4.69, 9.17) is 0 Å². The molecule has 1 aliphatic carbocycles. The van der Waals surface area contributed by atoms with Gasteiger partial charge in [-0.2, -0.15) is 10.4 Å². The van der Waals surface area contributed by atoms with Gasteiger partial charge in [0.05, 0.1) is 10.5 Å². The van der Waals surface area contributed by atoms with E-state index in [0.29, 0.717) is 17.1 Å². The van der Waals surface area contributed by atoms with Gasteiger partial charge in [0.2, 0.25) is 5.69 Å². The number of aryl methyl sites for hydroxylation is 2. The van der Waals surface area contributed by atoms with Crippen LogP contribution in [0.2, 0.25) is 0 Å². The van der Waals surface area contributed by atoms with Gasteiger partial charge in [0.1, 0.15) is 17.3 Å². The molecule has 2 aromatic rings. The second-order valence-electron chi connectivity index (χ2n) is 6.14. The van der Waals surface area contributed by atoms with E-state index < -0.39 is 10.8 Å². The first-order valence-electron chi connectivity index (χ1n) is 8.63. The molecule has 3 rings (SSSR count).